The molecule has 42 heavy (non-hydrogen) atoms. The monoisotopic (exact) mass is 566 g/mol. The number of nitrogen functional groups attached to an aromatic ring is 1. The van der Waals surface area contributed by atoms with Gasteiger partial charge in [0.25, 0.3) is 0 Å². The van der Waals surface area contributed by atoms with Crippen LogP contribution in [0.2, 0.25) is 0 Å². The number of benzene rings is 3. The first-order valence-electron chi connectivity index (χ1n) is 14.2. The summed E-state index contributed by atoms with van der Waals surface area (Å²) in [7, 11) is 0. The molecule has 2 heterocycles. The zero-order chi connectivity index (χ0) is 29.6. The molecule has 9 heteroatoms. The van der Waals surface area contributed by atoms with Crippen LogP contribution in [0, 0.1) is 5.82 Å². The third kappa shape index (κ3) is 6.05. The second kappa shape index (κ2) is 12.7. The van der Waals surface area contributed by atoms with E-state index < -0.39 is 11.9 Å². The van der Waals surface area contributed by atoms with Gasteiger partial charge >= 0.3 is 0 Å². The van der Waals surface area contributed by atoms with Gasteiger partial charge < -0.3 is 25.7 Å². The Labute approximate surface area is 244 Å². The van der Waals surface area contributed by atoms with Gasteiger partial charge in [0, 0.05) is 41.1 Å². The van der Waals surface area contributed by atoms with Crippen LogP contribution in [0.25, 0.3) is 22.0 Å². The molecule has 0 aliphatic heterocycles. The molecule has 8 nitrogen and oxygen atoms in total. The maximum absolute atomic E-state index is 16.3. The number of nitrogens with one attached hydrogen (secondary N) is 2. The molecule has 1 atom stereocenters. The molecule has 0 saturated heterocycles. The smallest absolute Gasteiger partial charge is 0.239 e. The lowest BCUT2D eigenvalue weighted by atomic mass is 9.99. The quantitative estimate of drug-likeness (QED) is 0.178. The van der Waals surface area contributed by atoms with Gasteiger partial charge in [0.15, 0.2) is 11.6 Å². The fourth-order valence-corrected chi connectivity index (χ4v) is 5.04. The Balaban J connectivity index is 1.71. The van der Waals surface area contributed by atoms with Crippen molar-refractivity contribution < 1.29 is 13.9 Å². The number of ether oxygens (including phenoxy) is 1. The van der Waals surface area contributed by atoms with Gasteiger partial charge in [-0.2, -0.15) is 0 Å². The van der Waals surface area contributed by atoms with Crippen molar-refractivity contribution in [1.82, 2.24) is 19.9 Å². The summed E-state index contributed by atoms with van der Waals surface area (Å²) in [6, 6.07) is 20.1. The summed E-state index contributed by atoms with van der Waals surface area (Å²) in [6.07, 6.45) is 4.18. The summed E-state index contributed by atoms with van der Waals surface area (Å²) in [6.45, 7) is 6.56. The van der Waals surface area contributed by atoms with Gasteiger partial charge in [-0.05, 0) is 61.5 Å². The number of pyridine rings is 1. The zero-order valence-electron chi connectivity index (χ0n) is 24.0. The van der Waals surface area contributed by atoms with Crippen molar-refractivity contribution in [3.63, 3.8) is 0 Å². The van der Waals surface area contributed by atoms with Crippen LogP contribution in [-0.4, -0.2) is 33.6 Å². The molecule has 216 valence electrons. The van der Waals surface area contributed by atoms with Crippen molar-refractivity contribution in [3.8, 4) is 17.0 Å². The molecule has 5 rings (SSSR count). The third-order valence-electron chi connectivity index (χ3n) is 7.08. The molecular formula is C33H35FN6O2. The summed E-state index contributed by atoms with van der Waals surface area (Å²) in [4.78, 5) is 22.0. The zero-order valence-corrected chi connectivity index (χ0v) is 24.0. The molecule has 1 unspecified atom stereocenters. The first-order chi connectivity index (χ1) is 20.4. The van der Waals surface area contributed by atoms with Crippen molar-refractivity contribution >= 4 is 28.2 Å². The van der Waals surface area contributed by atoms with Gasteiger partial charge in [0.2, 0.25) is 5.91 Å². The van der Waals surface area contributed by atoms with Crippen molar-refractivity contribution in [1.29, 1.82) is 0 Å². The lowest BCUT2D eigenvalue weighted by Crippen LogP contribution is -2.29. The molecule has 5 aromatic rings. The molecule has 4 N–H and O–H groups in total. The molecule has 0 fully saturated rings. The van der Waals surface area contributed by atoms with E-state index in [2.05, 4.69) is 15.6 Å². The van der Waals surface area contributed by atoms with Crippen molar-refractivity contribution in [3.05, 3.63) is 102 Å². The van der Waals surface area contributed by atoms with Gasteiger partial charge in [-0.25, -0.2) is 14.4 Å². The number of likely N-dealkylation sites (N-methyl/N-ethyl adjacent to an activating group) is 1. The molecule has 0 aliphatic carbocycles. The fraction of sp³-hybridized carbons (Fsp3) is 0.242. The van der Waals surface area contributed by atoms with Gasteiger partial charge in [0.1, 0.15) is 24.2 Å². The number of amides is 1. The maximum atomic E-state index is 16.3. The van der Waals surface area contributed by atoms with E-state index in [1.165, 1.54) is 0 Å². The highest BCUT2D eigenvalue weighted by Gasteiger charge is 2.28. The summed E-state index contributed by atoms with van der Waals surface area (Å²) in [5.74, 6) is 0.462. The van der Waals surface area contributed by atoms with Gasteiger partial charge in [0.05, 0.1) is 12.3 Å². The van der Waals surface area contributed by atoms with Gasteiger partial charge in [-0.3, -0.25) is 4.79 Å². The summed E-state index contributed by atoms with van der Waals surface area (Å²) >= 11 is 0. The Morgan fingerprint density at radius 1 is 1.07 bits per heavy atom. The van der Waals surface area contributed by atoms with E-state index in [1.807, 2.05) is 87.6 Å². The second-order valence-corrected chi connectivity index (χ2v) is 9.92. The minimum absolute atomic E-state index is 0.0223. The van der Waals surface area contributed by atoms with Crippen LogP contribution in [0.5, 0.6) is 5.75 Å². The highest BCUT2D eigenvalue weighted by molar-refractivity contribution is 5.93. The number of aromatic nitrogens is 3. The molecular weight excluding hydrogens is 531 g/mol. The number of imidazole rings is 1. The third-order valence-corrected chi connectivity index (χ3v) is 7.08. The van der Waals surface area contributed by atoms with Crippen LogP contribution < -0.4 is 21.1 Å². The molecule has 3 aromatic carbocycles. The molecule has 2 aromatic heterocycles. The van der Waals surface area contributed by atoms with Crippen molar-refractivity contribution in [2.24, 2.45) is 0 Å². The van der Waals surface area contributed by atoms with Crippen molar-refractivity contribution in [2.75, 3.05) is 24.2 Å². The number of nitrogens with zero attached hydrogens (tertiary/aromatic N) is 3. The lowest BCUT2D eigenvalue weighted by Gasteiger charge is -2.24. The highest BCUT2D eigenvalue weighted by Crippen LogP contribution is 2.36. The van der Waals surface area contributed by atoms with E-state index in [9.17, 15) is 4.79 Å². The lowest BCUT2D eigenvalue weighted by molar-refractivity contribution is -0.121. The van der Waals surface area contributed by atoms with Gasteiger partial charge in [-0.15, -0.1) is 0 Å². The van der Waals surface area contributed by atoms with Crippen molar-refractivity contribution in [2.45, 2.75) is 39.8 Å². The maximum Gasteiger partial charge on any atom is 0.239 e. The van der Waals surface area contributed by atoms with E-state index in [4.69, 9.17) is 15.5 Å². The first-order valence-corrected chi connectivity index (χ1v) is 14.2. The first kappa shape index (κ1) is 28.6. The summed E-state index contributed by atoms with van der Waals surface area (Å²) in [5.41, 5.74) is 9.67. The van der Waals surface area contributed by atoms with E-state index in [-0.39, 0.29) is 18.2 Å². The van der Waals surface area contributed by atoms with E-state index in [1.54, 1.807) is 16.8 Å². The average Bonchev–Trinajstić information content (AvgIpc) is 3.41. The summed E-state index contributed by atoms with van der Waals surface area (Å²) in [5, 5.41) is 8.09. The standard InChI is InChI=1S/C33H35FN6O2/c1-4-21-16-26(30(34)28(17-21)42-6-3)31(38-24-12-13-25-23(18-24)14-15-37-32(25)35)33-39-27(22-10-8-7-9-11-22)19-40(33)20-29(41)36-5-2/h7-19,31,38H,4-6,20H2,1-3H3,(H2,35,37)(H,36,41). The Morgan fingerprint density at radius 2 is 1.88 bits per heavy atom. The molecule has 0 bridgehead atoms. The molecule has 1 amide bonds. The number of rotatable bonds is 11. The number of anilines is 2. The predicted molar refractivity (Wildman–Crippen MR) is 165 cm³/mol. The number of carbonyl (C=O) groups excluding carboxylic acids is 1. The largest absolute Gasteiger partial charge is 0.491 e. The van der Waals surface area contributed by atoms with Crippen LogP contribution in [0.3, 0.4) is 0 Å². The Morgan fingerprint density at radius 3 is 2.62 bits per heavy atom. The minimum Gasteiger partial charge on any atom is -0.491 e. The van der Waals surface area contributed by atoms with E-state index in [0.717, 1.165) is 27.6 Å². The van der Waals surface area contributed by atoms with Crippen LogP contribution in [0.1, 0.15) is 43.8 Å². The fourth-order valence-electron chi connectivity index (χ4n) is 5.04. The number of fused-ring (bicyclic) bond motifs is 1. The number of nitrogens with two attached hydrogens (primary N) is 1. The second-order valence-electron chi connectivity index (χ2n) is 9.92. The molecule has 0 aliphatic rings. The van der Waals surface area contributed by atoms with Crippen LogP contribution in [0.4, 0.5) is 15.9 Å². The number of carbonyl (C=O) groups is 1. The van der Waals surface area contributed by atoms with Gasteiger partial charge in [-0.1, -0.05) is 43.3 Å². The molecule has 0 saturated carbocycles. The number of aryl methyl sites for hydroxylation is 1. The topological polar surface area (TPSA) is 107 Å². The predicted octanol–water partition coefficient (Wildman–Crippen LogP) is 6.12. The summed E-state index contributed by atoms with van der Waals surface area (Å²) < 4.78 is 23.8. The van der Waals surface area contributed by atoms with E-state index in [0.29, 0.717) is 42.5 Å². The van der Waals surface area contributed by atoms with Crippen LogP contribution >= 0.6 is 0 Å². The van der Waals surface area contributed by atoms with Crippen LogP contribution in [0.15, 0.2) is 79.1 Å². The Kier molecular flexibility index (Phi) is 8.66. The molecule has 0 spiro atoms. The highest BCUT2D eigenvalue weighted by atomic mass is 19.1. The normalized spacial score (nSPS) is 11.8. The number of hydrogen-bond acceptors (Lipinski definition) is 6. The van der Waals surface area contributed by atoms with Crippen LogP contribution in [-0.2, 0) is 17.8 Å². The minimum atomic E-state index is -0.765. The van der Waals surface area contributed by atoms with E-state index >= 15 is 4.39 Å². The number of halogens is 1. The average molecular weight is 567 g/mol. The SMILES string of the molecule is CCNC(=O)Cn1cc(-c2ccccc2)nc1C(Nc1ccc2c(N)nccc2c1)c1cc(CC)cc(OCC)c1F. The number of hydrogen-bond donors (Lipinski definition) is 3. The Bertz CT molecular complexity index is 1700. The Hall–Kier alpha value is -4.92. The molecule has 0 radical (unpaired) electrons.